The van der Waals surface area contributed by atoms with Gasteiger partial charge in [-0.2, -0.15) is 0 Å². The van der Waals surface area contributed by atoms with Crippen LogP contribution in [0.3, 0.4) is 0 Å². The van der Waals surface area contributed by atoms with Crippen LogP contribution in [0, 0.1) is 17.8 Å². The average Bonchev–Trinajstić information content (AvgIpc) is 3.35. The number of hydrogen-bond donors (Lipinski definition) is 0. The van der Waals surface area contributed by atoms with E-state index in [-0.39, 0.29) is 35.0 Å². The summed E-state index contributed by atoms with van der Waals surface area (Å²) < 4.78 is 5.52. The lowest BCUT2D eigenvalue weighted by atomic mass is 9.76. The smallest absolute Gasteiger partial charge is 0.339 e. The van der Waals surface area contributed by atoms with Gasteiger partial charge in [0.15, 0.2) is 12.4 Å². The van der Waals surface area contributed by atoms with E-state index in [2.05, 4.69) is 6.92 Å². The highest BCUT2D eigenvalue weighted by atomic mass is 35.5. The van der Waals surface area contributed by atoms with E-state index in [1.807, 2.05) is 42.5 Å². The highest BCUT2D eigenvalue weighted by molar-refractivity contribution is 6.31. The van der Waals surface area contributed by atoms with Crippen molar-refractivity contribution >= 4 is 51.8 Å². The molecule has 234 valence electrons. The summed E-state index contributed by atoms with van der Waals surface area (Å²) in [6.45, 7) is 1.69. The summed E-state index contributed by atoms with van der Waals surface area (Å²) in [5.74, 6) is -1.36. The van der Waals surface area contributed by atoms with Crippen molar-refractivity contribution in [1.29, 1.82) is 0 Å². The third kappa shape index (κ3) is 5.95. The van der Waals surface area contributed by atoms with Crippen molar-refractivity contribution in [2.45, 2.75) is 26.2 Å². The van der Waals surface area contributed by atoms with Crippen molar-refractivity contribution in [1.82, 2.24) is 4.98 Å². The fourth-order valence-corrected chi connectivity index (χ4v) is 6.88. The maximum atomic E-state index is 13.4. The van der Waals surface area contributed by atoms with Crippen LogP contribution in [0.1, 0.15) is 46.9 Å². The van der Waals surface area contributed by atoms with Crippen LogP contribution in [0.5, 0.6) is 0 Å². The molecule has 5 aromatic rings. The van der Waals surface area contributed by atoms with Crippen molar-refractivity contribution in [3.63, 3.8) is 0 Å². The largest absolute Gasteiger partial charge is 0.454 e. The number of imide groups is 1. The first kappa shape index (κ1) is 30.5. The topological polar surface area (TPSA) is 93.6 Å². The molecule has 2 heterocycles. The van der Waals surface area contributed by atoms with Gasteiger partial charge in [-0.05, 0) is 72.7 Å². The van der Waals surface area contributed by atoms with Gasteiger partial charge in [-0.3, -0.25) is 19.3 Å². The Hall–Kier alpha value is -5.14. The molecule has 0 bridgehead atoms. The number of ether oxygens (including phenoxy) is 1. The molecular weight excluding hydrogens is 612 g/mol. The highest BCUT2D eigenvalue weighted by Crippen LogP contribution is 2.42. The molecule has 1 saturated carbocycles. The first-order valence-corrected chi connectivity index (χ1v) is 16.1. The summed E-state index contributed by atoms with van der Waals surface area (Å²) in [7, 11) is 0. The fraction of sp³-hybridized carbons (Fsp3) is 0.205. The number of Topliss-reactive ketones (excluding diaryl/α,β-unsaturated/α-hetero) is 1. The van der Waals surface area contributed by atoms with E-state index in [0.29, 0.717) is 44.4 Å². The van der Waals surface area contributed by atoms with Crippen LogP contribution < -0.4 is 4.90 Å². The Labute approximate surface area is 277 Å². The van der Waals surface area contributed by atoms with E-state index in [0.717, 1.165) is 30.4 Å². The molecule has 2 amide bonds. The summed E-state index contributed by atoms with van der Waals surface area (Å²) in [6.07, 6.45) is 2.42. The van der Waals surface area contributed by atoms with Gasteiger partial charge in [0.1, 0.15) is 0 Å². The number of fused-ring (bicyclic) bond motifs is 2. The van der Waals surface area contributed by atoms with Gasteiger partial charge in [-0.25, -0.2) is 9.78 Å². The van der Waals surface area contributed by atoms with E-state index < -0.39 is 12.6 Å². The van der Waals surface area contributed by atoms with Crippen molar-refractivity contribution in [2.75, 3.05) is 11.5 Å². The second-order valence-corrected chi connectivity index (χ2v) is 12.8. The molecule has 0 radical (unpaired) electrons. The number of hydrogen-bond acceptors (Lipinski definition) is 6. The second-order valence-electron chi connectivity index (χ2n) is 12.3. The van der Waals surface area contributed by atoms with Gasteiger partial charge in [-0.1, -0.05) is 85.3 Å². The van der Waals surface area contributed by atoms with Crippen molar-refractivity contribution in [2.24, 2.45) is 17.8 Å². The van der Waals surface area contributed by atoms with Gasteiger partial charge in [0, 0.05) is 21.5 Å². The van der Waals surface area contributed by atoms with Crippen LogP contribution in [0.2, 0.25) is 5.02 Å². The van der Waals surface area contributed by atoms with Gasteiger partial charge in [0.2, 0.25) is 11.8 Å². The number of halogens is 1. The van der Waals surface area contributed by atoms with Gasteiger partial charge < -0.3 is 4.74 Å². The number of esters is 1. The van der Waals surface area contributed by atoms with Crippen LogP contribution >= 0.6 is 11.6 Å². The maximum absolute atomic E-state index is 13.4. The molecule has 1 aliphatic carbocycles. The third-order valence-corrected chi connectivity index (χ3v) is 9.48. The van der Waals surface area contributed by atoms with Crippen molar-refractivity contribution < 1.29 is 23.9 Å². The van der Waals surface area contributed by atoms with E-state index in [1.165, 1.54) is 4.90 Å². The van der Waals surface area contributed by atoms with Crippen LogP contribution in [0.4, 0.5) is 5.69 Å². The maximum Gasteiger partial charge on any atom is 0.339 e. The minimum atomic E-state index is -0.683. The lowest BCUT2D eigenvalue weighted by molar-refractivity contribution is -0.122. The molecule has 7 nitrogen and oxygen atoms in total. The molecule has 1 saturated heterocycles. The van der Waals surface area contributed by atoms with Crippen molar-refractivity contribution in [3.8, 4) is 22.4 Å². The number of carbonyl (C=O) groups is 4. The van der Waals surface area contributed by atoms with Gasteiger partial charge in [-0.15, -0.1) is 0 Å². The number of anilines is 1. The van der Waals surface area contributed by atoms with Gasteiger partial charge in [0.05, 0.1) is 34.3 Å². The molecule has 3 unspecified atom stereocenters. The van der Waals surface area contributed by atoms with Crippen LogP contribution in [-0.4, -0.2) is 35.2 Å². The molecule has 3 atom stereocenters. The molecule has 2 fully saturated rings. The molecular formula is C39H31ClN2O5. The predicted octanol–water partition coefficient (Wildman–Crippen LogP) is 8.19. The quantitative estimate of drug-likeness (QED) is 0.101. The molecule has 4 aromatic carbocycles. The van der Waals surface area contributed by atoms with E-state index in [4.69, 9.17) is 21.3 Å². The van der Waals surface area contributed by atoms with Gasteiger partial charge >= 0.3 is 5.97 Å². The molecule has 1 aliphatic heterocycles. The molecule has 1 aromatic heterocycles. The highest BCUT2D eigenvalue weighted by Gasteiger charge is 2.49. The normalized spacial score (nSPS) is 19.1. The molecule has 47 heavy (non-hydrogen) atoms. The zero-order valence-corrected chi connectivity index (χ0v) is 26.4. The zero-order chi connectivity index (χ0) is 32.7. The average molecular weight is 643 g/mol. The Bertz CT molecular complexity index is 2030. The SMILES string of the molecule is CC1CCC2C(=O)N(c3ccc(-c4cc(C(=O)OCC(=O)c5ccc(-c6ccccc6)cc5)c5cc(Cl)ccc5n4)cc3)C(=O)C2C1. The van der Waals surface area contributed by atoms with E-state index in [9.17, 15) is 19.2 Å². The summed E-state index contributed by atoms with van der Waals surface area (Å²) in [6, 6.07) is 30.7. The Morgan fingerprint density at radius 1 is 0.809 bits per heavy atom. The number of ketones is 1. The van der Waals surface area contributed by atoms with Crippen LogP contribution in [-0.2, 0) is 14.3 Å². The van der Waals surface area contributed by atoms with Crippen molar-refractivity contribution in [3.05, 3.63) is 119 Å². The molecule has 0 N–H and O–H groups in total. The molecule has 2 aliphatic rings. The number of amides is 2. The summed E-state index contributed by atoms with van der Waals surface area (Å²) >= 11 is 6.28. The minimum absolute atomic E-state index is 0.132. The van der Waals surface area contributed by atoms with Crippen LogP contribution in [0.25, 0.3) is 33.3 Å². The van der Waals surface area contributed by atoms with E-state index in [1.54, 1.807) is 60.7 Å². The molecule has 7 rings (SSSR count). The summed E-state index contributed by atoms with van der Waals surface area (Å²) in [4.78, 5) is 58.9. The number of nitrogens with zero attached hydrogens (tertiary/aromatic N) is 2. The lowest BCUT2D eigenvalue weighted by Crippen LogP contribution is -2.30. The number of benzene rings is 4. The van der Waals surface area contributed by atoms with E-state index >= 15 is 0 Å². The monoisotopic (exact) mass is 642 g/mol. The lowest BCUT2D eigenvalue weighted by Gasteiger charge is -2.25. The summed E-state index contributed by atoms with van der Waals surface area (Å²) in [5, 5.41) is 0.919. The Balaban J connectivity index is 1.11. The zero-order valence-electron chi connectivity index (χ0n) is 25.7. The Morgan fingerprint density at radius 3 is 2.23 bits per heavy atom. The number of carbonyl (C=O) groups excluding carboxylic acids is 4. The number of aromatic nitrogens is 1. The number of rotatable bonds is 7. The van der Waals surface area contributed by atoms with Gasteiger partial charge in [0.25, 0.3) is 0 Å². The minimum Gasteiger partial charge on any atom is -0.454 e. The first-order chi connectivity index (χ1) is 22.8. The Morgan fingerprint density at radius 2 is 1.49 bits per heavy atom. The molecule has 8 heteroatoms. The Kier molecular flexibility index (Phi) is 8.16. The standard InChI is InChI=1S/C39H31ClN2O5/c1-23-7-17-30-32(19-23)38(45)42(37(30)44)29-15-12-26(13-16-29)35-21-33(31-20-28(40)14-18-34(31)41-35)39(46)47-22-36(43)27-10-8-25(9-11-27)24-5-3-2-4-6-24/h2-6,8-16,18,20-21,23,30,32H,7,17,19,22H2,1H3. The fourth-order valence-electron chi connectivity index (χ4n) is 6.71. The number of pyridine rings is 1. The third-order valence-electron chi connectivity index (χ3n) is 9.25. The first-order valence-electron chi connectivity index (χ1n) is 15.7. The summed E-state index contributed by atoms with van der Waals surface area (Å²) in [5.41, 5.74) is 4.88. The predicted molar refractivity (Wildman–Crippen MR) is 181 cm³/mol. The molecule has 0 spiro atoms. The van der Waals surface area contributed by atoms with Crippen LogP contribution in [0.15, 0.2) is 103 Å². The second kappa shape index (κ2) is 12.6.